The van der Waals surface area contributed by atoms with E-state index in [1.807, 2.05) is 36.7 Å². The van der Waals surface area contributed by atoms with Gasteiger partial charge >= 0.3 is 0 Å². The molecular formula is C15H19N5OS. The fraction of sp³-hybridized carbons (Fsp3) is 0.400. The van der Waals surface area contributed by atoms with Crippen LogP contribution in [0, 0.1) is 17.4 Å². The standard InChI is InChI=1S/C15H19N5OS/c1-22-15(18-10-16)19-12-2-4-13(5-3-12)20-8-6-11(7-9-20)14(17)21/h2-5,11H,6-9H2,1H3,(H2,17,21)(H,18,19). The maximum atomic E-state index is 11.2. The minimum Gasteiger partial charge on any atom is -0.371 e. The molecule has 1 aliphatic rings. The molecule has 6 nitrogen and oxygen atoms in total. The van der Waals surface area contributed by atoms with Crippen LogP contribution in [0.2, 0.25) is 0 Å². The molecule has 1 heterocycles. The first-order valence-electron chi connectivity index (χ1n) is 7.06. The van der Waals surface area contributed by atoms with Crippen LogP contribution in [0.15, 0.2) is 29.3 Å². The molecule has 0 spiro atoms. The van der Waals surface area contributed by atoms with E-state index >= 15 is 0 Å². The third kappa shape index (κ3) is 4.15. The highest BCUT2D eigenvalue weighted by Crippen LogP contribution is 2.25. The number of carbonyl (C=O) groups excluding carboxylic acids is 1. The SMILES string of the molecule is CSC(=Nc1ccc(N2CCC(C(N)=O)CC2)cc1)NC#N. The van der Waals surface area contributed by atoms with Crippen LogP contribution in [-0.2, 0) is 4.79 Å². The first-order valence-corrected chi connectivity index (χ1v) is 8.28. The van der Waals surface area contributed by atoms with Crippen LogP contribution in [-0.4, -0.2) is 30.4 Å². The number of thioether (sulfide) groups is 1. The molecule has 3 N–H and O–H groups in total. The molecule has 22 heavy (non-hydrogen) atoms. The van der Waals surface area contributed by atoms with E-state index in [1.165, 1.54) is 11.8 Å². The van der Waals surface area contributed by atoms with Crippen molar-refractivity contribution >= 4 is 34.2 Å². The van der Waals surface area contributed by atoms with Crippen molar-refractivity contribution in [2.75, 3.05) is 24.2 Å². The van der Waals surface area contributed by atoms with Crippen LogP contribution >= 0.6 is 11.8 Å². The summed E-state index contributed by atoms with van der Waals surface area (Å²) in [5, 5.41) is 11.7. The third-order valence-electron chi connectivity index (χ3n) is 3.70. The monoisotopic (exact) mass is 317 g/mol. The van der Waals surface area contributed by atoms with Gasteiger partial charge in [-0.1, -0.05) is 11.8 Å². The summed E-state index contributed by atoms with van der Waals surface area (Å²) in [5.74, 6) is -0.194. The lowest BCUT2D eigenvalue weighted by atomic mass is 9.96. The van der Waals surface area contributed by atoms with Crippen molar-refractivity contribution in [3.05, 3.63) is 24.3 Å². The van der Waals surface area contributed by atoms with Gasteiger partial charge in [0.2, 0.25) is 5.91 Å². The second-order valence-electron chi connectivity index (χ2n) is 5.04. The van der Waals surface area contributed by atoms with Crippen LogP contribution in [0.1, 0.15) is 12.8 Å². The highest BCUT2D eigenvalue weighted by Gasteiger charge is 2.23. The van der Waals surface area contributed by atoms with Crippen molar-refractivity contribution in [1.82, 2.24) is 5.32 Å². The average molecular weight is 317 g/mol. The predicted octanol–water partition coefficient (Wildman–Crippen LogP) is 1.81. The molecule has 7 heteroatoms. The zero-order chi connectivity index (χ0) is 15.9. The fourth-order valence-corrected chi connectivity index (χ4v) is 2.79. The average Bonchev–Trinajstić information content (AvgIpc) is 2.55. The molecule has 116 valence electrons. The predicted molar refractivity (Wildman–Crippen MR) is 89.9 cm³/mol. The smallest absolute Gasteiger partial charge is 0.220 e. The molecule has 0 aromatic heterocycles. The number of aliphatic imine (C=N–C) groups is 1. The van der Waals surface area contributed by atoms with E-state index < -0.39 is 0 Å². The Bertz CT molecular complexity index is 585. The van der Waals surface area contributed by atoms with Gasteiger partial charge in [-0.2, -0.15) is 5.26 Å². The van der Waals surface area contributed by atoms with Crippen molar-refractivity contribution in [3.8, 4) is 6.19 Å². The Morgan fingerprint density at radius 3 is 2.55 bits per heavy atom. The highest BCUT2D eigenvalue weighted by atomic mass is 32.2. The van der Waals surface area contributed by atoms with Gasteiger partial charge in [0.15, 0.2) is 11.4 Å². The van der Waals surface area contributed by atoms with Gasteiger partial charge in [-0.25, -0.2) is 4.99 Å². The van der Waals surface area contributed by atoms with Crippen molar-refractivity contribution in [1.29, 1.82) is 5.26 Å². The first-order chi connectivity index (χ1) is 10.6. The van der Waals surface area contributed by atoms with Crippen molar-refractivity contribution in [2.24, 2.45) is 16.6 Å². The highest BCUT2D eigenvalue weighted by molar-refractivity contribution is 8.13. The molecule has 1 saturated heterocycles. The minimum atomic E-state index is -0.195. The largest absolute Gasteiger partial charge is 0.371 e. The number of benzene rings is 1. The molecule has 0 atom stereocenters. The second kappa shape index (κ2) is 7.71. The van der Waals surface area contributed by atoms with Crippen LogP contribution < -0.4 is 16.0 Å². The van der Waals surface area contributed by atoms with E-state index in [0.717, 1.165) is 37.3 Å². The summed E-state index contributed by atoms with van der Waals surface area (Å²) < 4.78 is 0. The second-order valence-corrected chi connectivity index (χ2v) is 5.83. The molecule has 0 unspecified atom stereocenters. The molecule has 0 radical (unpaired) electrons. The number of amides is 1. The maximum absolute atomic E-state index is 11.2. The number of carbonyl (C=O) groups is 1. The van der Waals surface area contributed by atoms with Gasteiger partial charge in [-0.3, -0.25) is 10.1 Å². The number of piperidine rings is 1. The number of primary amides is 1. The number of nitrogens with one attached hydrogen (secondary N) is 1. The Morgan fingerprint density at radius 1 is 1.41 bits per heavy atom. The summed E-state index contributed by atoms with van der Waals surface area (Å²) in [6.07, 6.45) is 5.34. The normalized spacial score (nSPS) is 16.2. The van der Waals surface area contributed by atoms with Crippen LogP contribution in [0.5, 0.6) is 0 Å². The molecule has 2 rings (SSSR count). The van der Waals surface area contributed by atoms with Crippen molar-refractivity contribution in [3.63, 3.8) is 0 Å². The van der Waals surface area contributed by atoms with E-state index in [4.69, 9.17) is 11.0 Å². The number of hydrogen-bond donors (Lipinski definition) is 2. The third-order valence-corrected chi connectivity index (χ3v) is 4.28. The topological polar surface area (TPSA) is 94.5 Å². The number of nitriles is 1. The Hall–Kier alpha value is -2.20. The van der Waals surface area contributed by atoms with E-state index in [-0.39, 0.29) is 11.8 Å². The maximum Gasteiger partial charge on any atom is 0.220 e. The Morgan fingerprint density at radius 2 is 2.05 bits per heavy atom. The van der Waals surface area contributed by atoms with Gasteiger partial charge in [0, 0.05) is 24.7 Å². The molecule has 1 fully saturated rings. The van der Waals surface area contributed by atoms with E-state index in [2.05, 4.69) is 15.2 Å². The minimum absolute atomic E-state index is 0.00122. The molecule has 1 aromatic carbocycles. The Kier molecular flexibility index (Phi) is 5.67. The quantitative estimate of drug-likeness (QED) is 0.384. The first kappa shape index (κ1) is 16.2. The number of nitrogens with two attached hydrogens (primary N) is 1. The number of nitrogens with zero attached hydrogens (tertiary/aromatic N) is 3. The van der Waals surface area contributed by atoms with E-state index in [0.29, 0.717) is 5.17 Å². The van der Waals surface area contributed by atoms with Gasteiger partial charge in [-0.05, 0) is 43.4 Å². The summed E-state index contributed by atoms with van der Waals surface area (Å²) in [6, 6.07) is 7.86. The molecule has 0 aliphatic carbocycles. The lowest BCUT2D eigenvalue weighted by molar-refractivity contribution is -0.122. The fourth-order valence-electron chi connectivity index (χ4n) is 2.45. The van der Waals surface area contributed by atoms with Crippen LogP contribution in [0.4, 0.5) is 11.4 Å². The van der Waals surface area contributed by atoms with E-state index in [9.17, 15) is 4.79 Å². The van der Waals surface area contributed by atoms with Gasteiger partial charge in [0.1, 0.15) is 0 Å². The van der Waals surface area contributed by atoms with Gasteiger partial charge in [0.25, 0.3) is 0 Å². The molecule has 1 aromatic rings. The molecular weight excluding hydrogens is 298 g/mol. The summed E-state index contributed by atoms with van der Waals surface area (Å²) in [6.45, 7) is 1.67. The van der Waals surface area contributed by atoms with Gasteiger partial charge in [-0.15, -0.1) is 0 Å². The van der Waals surface area contributed by atoms with Gasteiger partial charge in [0.05, 0.1) is 5.69 Å². The van der Waals surface area contributed by atoms with Gasteiger partial charge < -0.3 is 10.6 Å². The number of hydrogen-bond acceptors (Lipinski definition) is 5. The van der Waals surface area contributed by atoms with Crippen LogP contribution in [0.3, 0.4) is 0 Å². The summed E-state index contributed by atoms with van der Waals surface area (Å²) >= 11 is 1.39. The Labute approximate surface area is 134 Å². The molecule has 1 amide bonds. The molecule has 0 saturated carbocycles. The van der Waals surface area contributed by atoms with Crippen molar-refractivity contribution < 1.29 is 4.79 Å². The number of amidine groups is 1. The molecule has 0 bridgehead atoms. The lowest BCUT2D eigenvalue weighted by Gasteiger charge is -2.32. The lowest BCUT2D eigenvalue weighted by Crippen LogP contribution is -2.38. The number of anilines is 1. The van der Waals surface area contributed by atoms with Crippen molar-refractivity contribution in [2.45, 2.75) is 12.8 Å². The molecule has 1 aliphatic heterocycles. The summed E-state index contributed by atoms with van der Waals surface area (Å²) in [7, 11) is 0. The zero-order valence-electron chi connectivity index (χ0n) is 12.5. The zero-order valence-corrected chi connectivity index (χ0v) is 13.3. The number of rotatable bonds is 3. The van der Waals surface area contributed by atoms with Crippen LogP contribution in [0.25, 0.3) is 0 Å². The summed E-state index contributed by atoms with van der Waals surface area (Å²) in [4.78, 5) is 17.8. The Balaban J connectivity index is 2.01. The van der Waals surface area contributed by atoms with E-state index in [1.54, 1.807) is 0 Å². The summed E-state index contributed by atoms with van der Waals surface area (Å²) in [5.41, 5.74) is 7.26.